The molecular weight excluding hydrogens is 262 g/mol. The van der Waals surface area contributed by atoms with Gasteiger partial charge in [0.05, 0.1) is 5.69 Å². The first-order valence-corrected chi connectivity index (χ1v) is 7.43. The Morgan fingerprint density at radius 2 is 2.47 bits per heavy atom. The van der Waals surface area contributed by atoms with Crippen LogP contribution in [0.2, 0.25) is 0 Å². The monoisotopic (exact) mass is 279 g/mol. The predicted octanol–water partition coefficient (Wildman–Crippen LogP) is 2.23. The Kier molecular flexibility index (Phi) is 3.06. The van der Waals surface area contributed by atoms with E-state index in [1.165, 1.54) is 0 Å². The molecule has 2 aromatic heterocycles. The van der Waals surface area contributed by atoms with Gasteiger partial charge < -0.3 is 5.11 Å². The van der Waals surface area contributed by atoms with Crippen molar-refractivity contribution < 1.29 is 9.90 Å². The lowest BCUT2D eigenvalue weighted by molar-refractivity contribution is -0.150. The molecule has 1 unspecified atom stereocenters. The van der Waals surface area contributed by atoms with E-state index in [1.54, 1.807) is 11.3 Å². The fourth-order valence-corrected chi connectivity index (χ4v) is 3.73. The summed E-state index contributed by atoms with van der Waals surface area (Å²) in [7, 11) is 0. The van der Waals surface area contributed by atoms with Crippen molar-refractivity contribution in [1.82, 2.24) is 14.3 Å². The topological polar surface area (TPSA) is 57.8 Å². The number of aromatic nitrogens is 2. The maximum absolute atomic E-state index is 11.6. The van der Waals surface area contributed by atoms with E-state index in [9.17, 15) is 9.90 Å². The van der Waals surface area contributed by atoms with Crippen LogP contribution in [0.25, 0.3) is 4.96 Å². The zero-order valence-corrected chi connectivity index (χ0v) is 11.7. The van der Waals surface area contributed by atoms with Crippen molar-refractivity contribution in [3.8, 4) is 0 Å². The first kappa shape index (κ1) is 12.6. The molecule has 3 heterocycles. The molecule has 102 valence electrons. The van der Waals surface area contributed by atoms with Gasteiger partial charge in [-0.1, -0.05) is 6.92 Å². The van der Waals surface area contributed by atoms with E-state index in [0.29, 0.717) is 13.0 Å². The highest BCUT2D eigenvalue weighted by Gasteiger charge is 2.46. The highest BCUT2D eigenvalue weighted by molar-refractivity contribution is 7.15. The van der Waals surface area contributed by atoms with Gasteiger partial charge in [0, 0.05) is 24.3 Å². The molecule has 1 aliphatic rings. The molecule has 0 amide bonds. The Balaban J connectivity index is 1.85. The van der Waals surface area contributed by atoms with Crippen LogP contribution in [-0.2, 0) is 11.3 Å². The third-order valence-electron chi connectivity index (χ3n) is 4.10. The summed E-state index contributed by atoms with van der Waals surface area (Å²) in [6, 6.07) is 0. The maximum atomic E-state index is 11.6. The molecule has 1 aliphatic heterocycles. The van der Waals surface area contributed by atoms with E-state index >= 15 is 0 Å². The smallest absolute Gasteiger partial charge is 0.324 e. The Bertz CT molecular complexity index is 577. The van der Waals surface area contributed by atoms with Crippen LogP contribution in [0.4, 0.5) is 0 Å². The second-order valence-electron chi connectivity index (χ2n) is 5.04. The molecule has 1 fully saturated rings. The summed E-state index contributed by atoms with van der Waals surface area (Å²) in [5.74, 6) is -0.700. The number of thiazole rings is 1. The van der Waals surface area contributed by atoms with Gasteiger partial charge >= 0.3 is 5.97 Å². The lowest BCUT2D eigenvalue weighted by atomic mass is 9.93. The van der Waals surface area contributed by atoms with Crippen molar-refractivity contribution in [1.29, 1.82) is 0 Å². The third-order valence-corrected chi connectivity index (χ3v) is 4.87. The van der Waals surface area contributed by atoms with Gasteiger partial charge in [-0.05, 0) is 25.8 Å². The molecule has 1 saturated heterocycles. The molecule has 5 nitrogen and oxygen atoms in total. The zero-order valence-electron chi connectivity index (χ0n) is 10.9. The van der Waals surface area contributed by atoms with Crippen LogP contribution >= 0.6 is 11.3 Å². The molecule has 2 aromatic rings. The van der Waals surface area contributed by atoms with Crippen LogP contribution in [0.5, 0.6) is 0 Å². The van der Waals surface area contributed by atoms with Crippen LogP contribution in [0.15, 0.2) is 17.8 Å². The van der Waals surface area contributed by atoms with Crippen molar-refractivity contribution in [2.75, 3.05) is 6.54 Å². The van der Waals surface area contributed by atoms with Crippen LogP contribution in [0, 0.1) is 0 Å². The van der Waals surface area contributed by atoms with E-state index in [-0.39, 0.29) is 0 Å². The number of hydrogen-bond acceptors (Lipinski definition) is 4. The Morgan fingerprint density at radius 1 is 1.63 bits per heavy atom. The van der Waals surface area contributed by atoms with Crippen molar-refractivity contribution in [2.45, 2.75) is 38.3 Å². The minimum atomic E-state index is -0.700. The number of carboxylic acids is 1. The molecule has 1 atom stereocenters. The zero-order chi connectivity index (χ0) is 13.5. The number of carbonyl (C=O) groups is 1. The molecule has 0 saturated carbocycles. The minimum Gasteiger partial charge on any atom is -0.480 e. The van der Waals surface area contributed by atoms with Gasteiger partial charge in [-0.15, -0.1) is 11.3 Å². The predicted molar refractivity (Wildman–Crippen MR) is 73.4 cm³/mol. The van der Waals surface area contributed by atoms with E-state index in [0.717, 1.165) is 30.0 Å². The molecule has 0 radical (unpaired) electrons. The van der Waals surface area contributed by atoms with Gasteiger partial charge in [0.1, 0.15) is 5.54 Å². The number of rotatable bonds is 4. The Hall–Kier alpha value is -1.40. The molecule has 0 aromatic carbocycles. The fourth-order valence-electron chi connectivity index (χ4n) is 3.01. The van der Waals surface area contributed by atoms with Crippen molar-refractivity contribution in [2.24, 2.45) is 0 Å². The number of imidazole rings is 1. The number of fused-ring (bicyclic) bond motifs is 1. The summed E-state index contributed by atoms with van der Waals surface area (Å²) in [5, 5.41) is 11.5. The van der Waals surface area contributed by atoms with Crippen molar-refractivity contribution in [3.63, 3.8) is 0 Å². The summed E-state index contributed by atoms with van der Waals surface area (Å²) in [6.45, 7) is 3.41. The molecule has 0 bridgehead atoms. The number of carboxylic acid groups (broad SMARTS) is 1. The molecule has 3 rings (SSSR count). The highest BCUT2D eigenvalue weighted by Crippen LogP contribution is 2.34. The highest BCUT2D eigenvalue weighted by atomic mass is 32.1. The molecule has 19 heavy (non-hydrogen) atoms. The standard InChI is InChI=1S/C13H17N3O2S/c1-2-13(11(17)18)4-3-5-16(13)9-10-8-15-6-7-19-12(15)14-10/h6-8H,2-5,9H2,1H3,(H,17,18). The SMILES string of the molecule is CCC1(C(=O)O)CCCN1Cc1cn2ccsc2n1. The van der Waals surface area contributed by atoms with Crippen LogP contribution in [0.1, 0.15) is 31.9 Å². The van der Waals surface area contributed by atoms with Crippen LogP contribution in [-0.4, -0.2) is 37.4 Å². The molecular formula is C13H17N3O2S. The van der Waals surface area contributed by atoms with Gasteiger partial charge in [-0.3, -0.25) is 14.1 Å². The van der Waals surface area contributed by atoms with E-state index in [1.807, 2.05) is 29.1 Å². The number of aliphatic carboxylic acids is 1. The summed E-state index contributed by atoms with van der Waals surface area (Å²) in [4.78, 5) is 19.2. The average Bonchev–Trinajstić information content (AvgIpc) is 3.03. The van der Waals surface area contributed by atoms with Gasteiger partial charge in [-0.25, -0.2) is 4.98 Å². The van der Waals surface area contributed by atoms with Crippen LogP contribution in [0.3, 0.4) is 0 Å². The average molecular weight is 279 g/mol. The van der Waals surface area contributed by atoms with Gasteiger partial charge in [-0.2, -0.15) is 0 Å². The Morgan fingerprint density at radius 3 is 3.16 bits per heavy atom. The first-order chi connectivity index (χ1) is 9.15. The summed E-state index contributed by atoms with van der Waals surface area (Å²) >= 11 is 1.60. The number of likely N-dealkylation sites (tertiary alicyclic amines) is 1. The normalized spacial score (nSPS) is 24.3. The van der Waals surface area contributed by atoms with Gasteiger partial charge in [0.2, 0.25) is 0 Å². The van der Waals surface area contributed by atoms with Crippen molar-refractivity contribution in [3.05, 3.63) is 23.5 Å². The lowest BCUT2D eigenvalue weighted by Gasteiger charge is -2.33. The summed E-state index contributed by atoms with van der Waals surface area (Å²) in [5.41, 5.74) is 0.254. The Labute approximate surface area is 115 Å². The lowest BCUT2D eigenvalue weighted by Crippen LogP contribution is -2.49. The van der Waals surface area contributed by atoms with E-state index < -0.39 is 11.5 Å². The van der Waals surface area contributed by atoms with E-state index in [2.05, 4.69) is 9.88 Å². The maximum Gasteiger partial charge on any atom is 0.324 e. The van der Waals surface area contributed by atoms with E-state index in [4.69, 9.17) is 0 Å². The minimum absolute atomic E-state index is 0.620. The third kappa shape index (κ3) is 1.95. The first-order valence-electron chi connectivity index (χ1n) is 6.55. The second kappa shape index (κ2) is 4.61. The van der Waals surface area contributed by atoms with Crippen LogP contribution < -0.4 is 0 Å². The molecule has 6 heteroatoms. The molecule has 0 spiro atoms. The molecule has 1 N–H and O–H groups in total. The van der Waals surface area contributed by atoms with Gasteiger partial charge in [0.15, 0.2) is 4.96 Å². The molecule has 0 aliphatic carbocycles. The van der Waals surface area contributed by atoms with Crippen molar-refractivity contribution >= 4 is 22.3 Å². The summed E-state index contributed by atoms with van der Waals surface area (Å²) < 4.78 is 1.99. The number of hydrogen-bond donors (Lipinski definition) is 1. The number of nitrogens with zero attached hydrogens (tertiary/aromatic N) is 3. The summed E-state index contributed by atoms with van der Waals surface area (Å²) in [6.07, 6.45) is 6.30. The fraction of sp³-hybridized carbons (Fsp3) is 0.538. The quantitative estimate of drug-likeness (QED) is 0.932. The largest absolute Gasteiger partial charge is 0.480 e. The second-order valence-corrected chi connectivity index (χ2v) is 5.91. The van der Waals surface area contributed by atoms with Gasteiger partial charge in [0.25, 0.3) is 0 Å².